The minimum atomic E-state index is -0.484. The predicted molar refractivity (Wildman–Crippen MR) is 61.2 cm³/mol. The number of nitro groups is 1. The average Bonchev–Trinajstić information content (AvgIpc) is 2.16. The number of amides is 1. The number of nitrogens with zero attached hydrogens (tertiary/aromatic N) is 1. The van der Waals surface area contributed by atoms with E-state index >= 15 is 0 Å². The van der Waals surface area contributed by atoms with Gasteiger partial charge in [0.2, 0.25) is 5.91 Å². The van der Waals surface area contributed by atoms with Gasteiger partial charge in [-0.1, -0.05) is 5.57 Å². The molecule has 0 spiro atoms. The van der Waals surface area contributed by atoms with Crippen LogP contribution in [0.5, 0.6) is 0 Å². The number of allylic oxidation sites excluding steroid dienone is 1. The first-order valence-corrected chi connectivity index (χ1v) is 4.69. The van der Waals surface area contributed by atoms with Crippen LogP contribution in [0.1, 0.15) is 13.8 Å². The number of non-ortho nitro benzene ring substituents is 1. The highest BCUT2D eigenvalue weighted by Gasteiger charge is 2.04. The van der Waals surface area contributed by atoms with Crippen LogP contribution in [0.3, 0.4) is 0 Å². The number of hydrogen-bond donors (Lipinski definition) is 1. The molecule has 0 radical (unpaired) electrons. The van der Waals surface area contributed by atoms with E-state index in [0.717, 1.165) is 5.57 Å². The summed E-state index contributed by atoms with van der Waals surface area (Å²) in [5.41, 5.74) is 1.42. The molecule has 0 heterocycles. The zero-order valence-corrected chi connectivity index (χ0v) is 9.06. The van der Waals surface area contributed by atoms with Gasteiger partial charge in [0.25, 0.3) is 5.69 Å². The Kier molecular flexibility index (Phi) is 3.77. The van der Waals surface area contributed by atoms with Crippen LogP contribution in [0.2, 0.25) is 0 Å². The molecule has 0 bridgehead atoms. The fraction of sp³-hybridized carbons (Fsp3) is 0.182. The number of anilines is 1. The minimum Gasteiger partial charge on any atom is -0.323 e. The quantitative estimate of drug-likeness (QED) is 0.483. The number of carbonyl (C=O) groups is 1. The first kappa shape index (κ1) is 11.9. The maximum atomic E-state index is 11.3. The molecule has 0 aliphatic rings. The van der Waals surface area contributed by atoms with Crippen LogP contribution in [-0.4, -0.2) is 10.8 Å². The molecule has 5 heteroatoms. The van der Waals surface area contributed by atoms with Crippen LogP contribution in [0, 0.1) is 10.1 Å². The van der Waals surface area contributed by atoms with Crippen molar-refractivity contribution in [2.75, 3.05) is 5.32 Å². The number of benzene rings is 1. The molecule has 0 saturated heterocycles. The van der Waals surface area contributed by atoms with Crippen LogP contribution in [-0.2, 0) is 4.79 Å². The van der Waals surface area contributed by atoms with E-state index in [4.69, 9.17) is 0 Å². The highest BCUT2D eigenvalue weighted by Crippen LogP contribution is 2.15. The predicted octanol–water partition coefficient (Wildman–Crippen LogP) is 2.50. The van der Waals surface area contributed by atoms with E-state index in [9.17, 15) is 14.9 Å². The standard InChI is InChI=1S/C11H12N2O3/c1-8(2)7-11(14)12-9-3-5-10(6-4-9)13(15)16/h3-7H,1-2H3,(H,12,14). The number of nitrogens with one attached hydrogen (secondary N) is 1. The lowest BCUT2D eigenvalue weighted by Crippen LogP contribution is -2.08. The lowest BCUT2D eigenvalue weighted by Gasteiger charge is -2.01. The van der Waals surface area contributed by atoms with Gasteiger partial charge < -0.3 is 5.32 Å². The topological polar surface area (TPSA) is 72.2 Å². The second kappa shape index (κ2) is 5.06. The van der Waals surface area contributed by atoms with Gasteiger partial charge in [-0.3, -0.25) is 14.9 Å². The second-order valence-corrected chi connectivity index (χ2v) is 3.51. The van der Waals surface area contributed by atoms with Crippen molar-refractivity contribution in [2.24, 2.45) is 0 Å². The smallest absolute Gasteiger partial charge is 0.269 e. The Balaban J connectivity index is 2.73. The lowest BCUT2D eigenvalue weighted by molar-refractivity contribution is -0.384. The molecule has 0 atom stereocenters. The van der Waals surface area contributed by atoms with Crippen LogP contribution in [0.4, 0.5) is 11.4 Å². The Bertz CT molecular complexity index is 431. The Labute approximate surface area is 92.9 Å². The summed E-state index contributed by atoms with van der Waals surface area (Å²) in [7, 11) is 0. The van der Waals surface area contributed by atoms with E-state index in [1.54, 1.807) is 0 Å². The molecule has 0 saturated carbocycles. The Hall–Kier alpha value is -2.17. The lowest BCUT2D eigenvalue weighted by atomic mass is 10.2. The van der Waals surface area contributed by atoms with Gasteiger partial charge in [-0.15, -0.1) is 0 Å². The molecule has 0 aromatic heterocycles. The number of rotatable bonds is 3. The van der Waals surface area contributed by atoms with Crippen molar-refractivity contribution in [3.05, 3.63) is 46.0 Å². The molecule has 1 aromatic rings. The van der Waals surface area contributed by atoms with Crippen LogP contribution < -0.4 is 5.32 Å². The summed E-state index contributed by atoms with van der Waals surface area (Å²) in [5, 5.41) is 13.0. The third-order valence-corrected chi connectivity index (χ3v) is 1.77. The van der Waals surface area contributed by atoms with Crippen LogP contribution in [0.25, 0.3) is 0 Å². The fourth-order valence-corrected chi connectivity index (χ4v) is 1.11. The molecular formula is C11H12N2O3. The van der Waals surface area contributed by atoms with Crippen molar-refractivity contribution in [2.45, 2.75) is 13.8 Å². The van der Waals surface area contributed by atoms with E-state index in [2.05, 4.69) is 5.32 Å². The summed E-state index contributed by atoms with van der Waals surface area (Å²) in [6.07, 6.45) is 1.46. The molecule has 0 aliphatic heterocycles. The van der Waals surface area contributed by atoms with Gasteiger partial charge in [0, 0.05) is 23.9 Å². The largest absolute Gasteiger partial charge is 0.323 e. The van der Waals surface area contributed by atoms with Gasteiger partial charge >= 0.3 is 0 Å². The first-order chi connectivity index (χ1) is 7.49. The number of carbonyl (C=O) groups excluding carboxylic acids is 1. The second-order valence-electron chi connectivity index (χ2n) is 3.51. The Morgan fingerprint density at radius 1 is 1.31 bits per heavy atom. The molecule has 1 amide bonds. The van der Waals surface area contributed by atoms with Gasteiger partial charge in [0.15, 0.2) is 0 Å². The summed E-state index contributed by atoms with van der Waals surface area (Å²) >= 11 is 0. The van der Waals surface area contributed by atoms with Crippen LogP contribution in [0.15, 0.2) is 35.9 Å². The molecule has 0 fully saturated rings. The highest BCUT2D eigenvalue weighted by atomic mass is 16.6. The maximum Gasteiger partial charge on any atom is 0.269 e. The molecule has 1 N–H and O–H groups in total. The molecule has 0 aliphatic carbocycles. The number of nitro benzene ring substituents is 1. The monoisotopic (exact) mass is 220 g/mol. The van der Waals surface area contributed by atoms with Crippen molar-refractivity contribution >= 4 is 17.3 Å². The van der Waals surface area contributed by atoms with Crippen molar-refractivity contribution in [3.8, 4) is 0 Å². The zero-order valence-electron chi connectivity index (χ0n) is 9.06. The minimum absolute atomic E-state index is 0.000197. The molecule has 1 aromatic carbocycles. The van der Waals surface area contributed by atoms with Crippen molar-refractivity contribution in [1.82, 2.24) is 0 Å². The average molecular weight is 220 g/mol. The normalized spacial score (nSPS) is 9.38. The Morgan fingerprint density at radius 3 is 2.31 bits per heavy atom. The fourth-order valence-electron chi connectivity index (χ4n) is 1.11. The summed E-state index contributed by atoms with van der Waals surface area (Å²) in [6, 6.07) is 5.68. The van der Waals surface area contributed by atoms with Gasteiger partial charge in [0.05, 0.1) is 4.92 Å². The SMILES string of the molecule is CC(C)=CC(=O)Nc1ccc([N+](=O)[O-])cc1. The van der Waals surface area contributed by atoms with Crippen molar-refractivity contribution < 1.29 is 9.72 Å². The van der Waals surface area contributed by atoms with E-state index in [0.29, 0.717) is 5.69 Å². The van der Waals surface area contributed by atoms with E-state index in [1.807, 2.05) is 13.8 Å². The van der Waals surface area contributed by atoms with Gasteiger partial charge in [0.1, 0.15) is 0 Å². The summed E-state index contributed by atoms with van der Waals surface area (Å²) in [6.45, 7) is 3.63. The van der Waals surface area contributed by atoms with Crippen molar-refractivity contribution in [3.63, 3.8) is 0 Å². The molecular weight excluding hydrogens is 208 g/mol. The van der Waals surface area contributed by atoms with Gasteiger partial charge in [-0.05, 0) is 26.0 Å². The third-order valence-electron chi connectivity index (χ3n) is 1.77. The Morgan fingerprint density at radius 2 is 1.88 bits per heavy atom. The number of hydrogen-bond acceptors (Lipinski definition) is 3. The molecule has 16 heavy (non-hydrogen) atoms. The zero-order chi connectivity index (χ0) is 12.1. The molecule has 5 nitrogen and oxygen atoms in total. The first-order valence-electron chi connectivity index (χ1n) is 4.69. The molecule has 0 unspecified atom stereocenters. The summed E-state index contributed by atoms with van der Waals surface area (Å²) in [4.78, 5) is 21.2. The maximum absolute atomic E-state index is 11.3. The molecule has 84 valence electrons. The summed E-state index contributed by atoms with van der Waals surface area (Å²) in [5.74, 6) is -0.242. The van der Waals surface area contributed by atoms with E-state index < -0.39 is 4.92 Å². The van der Waals surface area contributed by atoms with E-state index in [-0.39, 0.29) is 11.6 Å². The summed E-state index contributed by atoms with van der Waals surface area (Å²) < 4.78 is 0. The third kappa shape index (κ3) is 3.53. The van der Waals surface area contributed by atoms with Gasteiger partial charge in [-0.25, -0.2) is 0 Å². The van der Waals surface area contributed by atoms with Crippen molar-refractivity contribution in [1.29, 1.82) is 0 Å². The van der Waals surface area contributed by atoms with Gasteiger partial charge in [-0.2, -0.15) is 0 Å². The van der Waals surface area contributed by atoms with E-state index in [1.165, 1.54) is 30.3 Å². The van der Waals surface area contributed by atoms with Crippen LogP contribution >= 0.6 is 0 Å². The highest BCUT2D eigenvalue weighted by molar-refractivity contribution is 5.99. The molecule has 1 rings (SSSR count).